The van der Waals surface area contributed by atoms with Gasteiger partial charge in [-0.2, -0.15) is 0 Å². The second kappa shape index (κ2) is 9.56. The van der Waals surface area contributed by atoms with Crippen LogP contribution < -0.4 is 10.8 Å². The Balaban J connectivity index is 2.84. The number of aliphatic hydroxyl groups excluding tert-OH is 2. The SMILES string of the molecule is CC(C)(O)C(NC(=O)c1ccc(C#CC#CC(O)CO)cc1)C(=O)NO. The van der Waals surface area contributed by atoms with Gasteiger partial charge in [0.1, 0.15) is 12.1 Å². The lowest BCUT2D eigenvalue weighted by Gasteiger charge is -2.28. The highest BCUT2D eigenvalue weighted by atomic mass is 16.5. The molecule has 6 N–H and O–H groups in total. The van der Waals surface area contributed by atoms with Gasteiger partial charge in [0.15, 0.2) is 0 Å². The van der Waals surface area contributed by atoms with E-state index < -0.39 is 36.2 Å². The van der Waals surface area contributed by atoms with Gasteiger partial charge in [-0.3, -0.25) is 14.8 Å². The average Bonchev–Trinajstić information content (AvgIpc) is 2.61. The van der Waals surface area contributed by atoms with Crippen molar-refractivity contribution in [3.8, 4) is 23.7 Å². The molecule has 0 saturated heterocycles. The van der Waals surface area contributed by atoms with Crippen molar-refractivity contribution in [1.82, 2.24) is 10.8 Å². The van der Waals surface area contributed by atoms with Crippen molar-refractivity contribution in [3.05, 3.63) is 35.4 Å². The fourth-order valence-corrected chi connectivity index (χ4v) is 1.82. The predicted molar refractivity (Wildman–Crippen MR) is 91.7 cm³/mol. The smallest absolute Gasteiger partial charge is 0.268 e. The summed E-state index contributed by atoms with van der Waals surface area (Å²) in [5, 5.41) is 38.7. The van der Waals surface area contributed by atoms with E-state index in [0.29, 0.717) is 5.56 Å². The molecule has 0 aliphatic rings. The highest BCUT2D eigenvalue weighted by molar-refractivity contribution is 5.97. The number of benzene rings is 1. The van der Waals surface area contributed by atoms with Crippen molar-refractivity contribution < 1.29 is 30.1 Å². The molecule has 8 heteroatoms. The molecule has 0 saturated carbocycles. The van der Waals surface area contributed by atoms with Gasteiger partial charge in [-0.1, -0.05) is 11.8 Å². The molecular weight excluding hydrogens is 340 g/mol. The topological polar surface area (TPSA) is 139 Å². The van der Waals surface area contributed by atoms with Gasteiger partial charge < -0.3 is 20.6 Å². The molecule has 0 aliphatic carbocycles. The van der Waals surface area contributed by atoms with E-state index in [2.05, 4.69) is 29.0 Å². The van der Waals surface area contributed by atoms with Crippen LogP contribution in [0.2, 0.25) is 0 Å². The van der Waals surface area contributed by atoms with Crippen LogP contribution >= 0.6 is 0 Å². The monoisotopic (exact) mass is 360 g/mol. The fraction of sp³-hybridized carbons (Fsp3) is 0.333. The molecule has 1 aromatic rings. The second-order valence-electron chi connectivity index (χ2n) is 5.83. The Hall–Kier alpha value is -2.88. The molecule has 0 aromatic heterocycles. The minimum atomic E-state index is -1.59. The van der Waals surface area contributed by atoms with Gasteiger partial charge in [0, 0.05) is 11.1 Å². The van der Waals surface area contributed by atoms with Gasteiger partial charge in [-0.15, -0.1) is 0 Å². The van der Waals surface area contributed by atoms with E-state index >= 15 is 0 Å². The van der Waals surface area contributed by atoms with Gasteiger partial charge in [0.05, 0.1) is 12.2 Å². The Kier molecular flexibility index (Phi) is 7.78. The average molecular weight is 360 g/mol. The zero-order chi connectivity index (χ0) is 19.7. The van der Waals surface area contributed by atoms with Crippen molar-refractivity contribution in [2.75, 3.05) is 6.61 Å². The Morgan fingerprint density at radius 1 is 1.19 bits per heavy atom. The van der Waals surface area contributed by atoms with E-state index in [1.54, 1.807) is 12.1 Å². The molecule has 2 unspecified atom stereocenters. The van der Waals surface area contributed by atoms with E-state index in [4.69, 9.17) is 15.4 Å². The maximum Gasteiger partial charge on any atom is 0.268 e. The number of carbonyl (C=O) groups excluding carboxylic acids is 2. The molecular formula is C18H20N2O6. The van der Waals surface area contributed by atoms with Gasteiger partial charge in [0.25, 0.3) is 11.8 Å². The number of carbonyl (C=O) groups is 2. The second-order valence-corrected chi connectivity index (χ2v) is 5.83. The number of amides is 2. The first-order chi connectivity index (χ1) is 12.2. The molecule has 0 radical (unpaired) electrons. The minimum Gasteiger partial charge on any atom is -0.393 e. The normalized spacial score (nSPS) is 12.5. The molecule has 0 bridgehead atoms. The summed E-state index contributed by atoms with van der Waals surface area (Å²) in [6, 6.07) is 4.68. The highest BCUT2D eigenvalue weighted by Gasteiger charge is 2.34. The summed E-state index contributed by atoms with van der Waals surface area (Å²) in [4.78, 5) is 23.8. The lowest BCUT2D eigenvalue weighted by Crippen LogP contribution is -2.57. The lowest BCUT2D eigenvalue weighted by molar-refractivity contribution is -0.136. The van der Waals surface area contributed by atoms with Gasteiger partial charge in [-0.05, 0) is 50.0 Å². The molecule has 8 nitrogen and oxygen atoms in total. The van der Waals surface area contributed by atoms with E-state index in [-0.39, 0.29) is 5.56 Å². The van der Waals surface area contributed by atoms with Gasteiger partial charge in [-0.25, -0.2) is 5.48 Å². The first-order valence-electron chi connectivity index (χ1n) is 7.56. The number of hydrogen-bond acceptors (Lipinski definition) is 6. The van der Waals surface area contributed by atoms with Crippen LogP contribution in [-0.4, -0.2) is 56.7 Å². The van der Waals surface area contributed by atoms with E-state index in [0.717, 1.165) is 0 Å². The molecule has 0 heterocycles. The van der Waals surface area contributed by atoms with Gasteiger partial charge >= 0.3 is 0 Å². The van der Waals surface area contributed by atoms with Crippen LogP contribution in [0.5, 0.6) is 0 Å². The Morgan fingerprint density at radius 3 is 2.31 bits per heavy atom. The summed E-state index contributed by atoms with van der Waals surface area (Å²) in [6.07, 6.45) is -1.14. The molecule has 138 valence electrons. The molecule has 0 spiro atoms. The molecule has 1 rings (SSSR count). The Morgan fingerprint density at radius 2 is 1.81 bits per heavy atom. The number of hydroxylamine groups is 1. The molecule has 2 amide bonds. The van der Waals surface area contributed by atoms with Crippen LogP contribution in [0.25, 0.3) is 0 Å². The Bertz CT molecular complexity index is 759. The molecule has 2 atom stereocenters. The molecule has 1 aromatic carbocycles. The standard InChI is InChI=1S/C18H20N2O6/c1-18(2,25)15(17(24)20-26)19-16(23)13-9-7-12(8-10-13)5-3-4-6-14(22)11-21/h7-10,14-15,21-22,25-26H,11H2,1-2H3,(H,19,23)(H,20,24). The summed E-state index contributed by atoms with van der Waals surface area (Å²) in [5.74, 6) is 8.33. The zero-order valence-electron chi connectivity index (χ0n) is 14.3. The van der Waals surface area contributed by atoms with Crippen LogP contribution in [0, 0.1) is 23.7 Å². The third-order valence-electron chi connectivity index (χ3n) is 3.18. The van der Waals surface area contributed by atoms with Gasteiger partial charge in [0.2, 0.25) is 0 Å². The van der Waals surface area contributed by atoms with Crippen molar-refractivity contribution in [2.45, 2.75) is 31.6 Å². The van der Waals surface area contributed by atoms with Crippen LogP contribution in [0.15, 0.2) is 24.3 Å². The maximum atomic E-state index is 12.2. The number of hydrogen-bond donors (Lipinski definition) is 6. The summed E-state index contributed by atoms with van der Waals surface area (Å²) in [5.41, 5.74) is 0.585. The first-order valence-corrected chi connectivity index (χ1v) is 7.56. The van der Waals surface area contributed by atoms with Crippen LogP contribution in [0.3, 0.4) is 0 Å². The summed E-state index contributed by atoms with van der Waals surface area (Å²) >= 11 is 0. The summed E-state index contributed by atoms with van der Waals surface area (Å²) < 4.78 is 0. The van der Waals surface area contributed by atoms with Crippen LogP contribution in [0.4, 0.5) is 0 Å². The molecule has 0 aliphatic heterocycles. The zero-order valence-corrected chi connectivity index (χ0v) is 14.3. The van der Waals surface area contributed by atoms with Crippen molar-refractivity contribution >= 4 is 11.8 Å². The quantitative estimate of drug-likeness (QED) is 0.221. The lowest BCUT2D eigenvalue weighted by atomic mass is 9.97. The maximum absolute atomic E-state index is 12.2. The fourth-order valence-electron chi connectivity index (χ4n) is 1.82. The van der Waals surface area contributed by atoms with E-state index in [9.17, 15) is 14.7 Å². The van der Waals surface area contributed by atoms with Crippen molar-refractivity contribution in [2.24, 2.45) is 0 Å². The highest BCUT2D eigenvalue weighted by Crippen LogP contribution is 2.11. The number of rotatable bonds is 5. The molecule has 0 fully saturated rings. The first kappa shape index (κ1) is 21.2. The van der Waals surface area contributed by atoms with Crippen molar-refractivity contribution in [3.63, 3.8) is 0 Å². The predicted octanol–water partition coefficient (Wildman–Crippen LogP) is -1.23. The Labute approximate surface area is 150 Å². The van der Waals surface area contributed by atoms with E-state index in [1.165, 1.54) is 31.5 Å². The third kappa shape index (κ3) is 6.55. The summed E-state index contributed by atoms with van der Waals surface area (Å²) in [7, 11) is 0. The third-order valence-corrected chi connectivity index (χ3v) is 3.18. The van der Waals surface area contributed by atoms with E-state index in [1.807, 2.05) is 0 Å². The summed E-state index contributed by atoms with van der Waals surface area (Å²) in [6.45, 7) is 2.17. The number of aliphatic hydroxyl groups is 3. The largest absolute Gasteiger partial charge is 0.393 e. The molecule has 26 heavy (non-hydrogen) atoms. The van der Waals surface area contributed by atoms with Crippen LogP contribution in [0.1, 0.15) is 29.8 Å². The van der Waals surface area contributed by atoms with Crippen LogP contribution in [-0.2, 0) is 4.79 Å². The minimum absolute atomic E-state index is 0.220. The van der Waals surface area contributed by atoms with Crippen molar-refractivity contribution in [1.29, 1.82) is 0 Å². The number of nitrogens with one attached hydrogen (secondary N) is 2.